The Morgan fingerprint density at radius 2 is 2.29 bits per heavy atom. The molecule has 1 aromatic heterocycles. The van der Waals surface area contributed by atoms with Crippen LogP contribution in [0.15, 0.2) is 12.4 Å². The first-order chi connectivity index (χ1) is 6.72. The zero-order chi connectivity index (χ0) is 10.4. The van der Waals surface area contributed by atoms with Crippen molar-refractivity contribution in [3.63, 3.8) is 0 Å². The van der Waals surface area contributed by atoms with E-state index in [0.29, 0.717) is 6.54 Å². The van der Waals surface area contributed by atoms with Gasteiger partial charge in [0.15, 0.2) is 0 Å². The van der Waals surface area contributed by atoms with Crippen LogP contribution in [-0.4, -0.2) is 27.7 Å². The van der Waals surface area contributed by atoms with Crippen LogP contribution in [-0.2, 0) is 6.42 Å². The minimum Gasteiger partial charge on any atom is -0.392 e. The largest absolute Gasteiger partial charge is 0.392 e. The molecule has 0 aliphatic carbocycles. The third-order valence-electron chi connectivity index (χ3n) is 1.81. The molecule has 1 heterocycles. The zero-order valence-electron chi connectivity index (χ0n) is 8.70. The van der Waals surface area contributed by atoms with E-state index in [2.05, 4.69) is 22.2 Å². The van der Waals surface area contributed by atoms with Gasteiger partial charge in [-0.05, 0) is 13.3 Å². The van der Waals surface area contributed by atoms with Crippen molar-refractivity contribution in [2.24, 2.45) is 0 Å². The monoisotopic (exact) mass is 195 g/mol. The Balaban J connectivity index is 2.54. The summed E-state index contributed by atoms with van der Waals surface area (Å²) < 4.78 is 0. The van der Waals surface area contributed by atoms with Gasteiger partial charge in [-0.1, -0.05) is 13.3 Å². The molecule has 14 heavy (non-hydrogen) atoms. The van der Waals surface area contributed by atoms with Gasteiger partial charge in [0.1, 0.15) is 12.1 Å². The maximum Gasteiger partial charge on any atom is 0.129 e. The van der Waals surface area contributed by atoms with Gasteiger partial charge < -0.3 is 10.4 Å². The second-order valence-corrected chi connectivity index (χ2v) is 3.37. The molecule has 0 saturated heterocycles. The molecule has 0 aromatic carbocycles. The molecule has 0 amide bonds. The number of aliphatic hydroxyl groups excluding tert-OH is 1. The van der Waals surface area contributed by atoms with E-state index in [-0.39, 0.29) is 6.10 Å². The topological polar surface area (TPSA) is 58.0 Å². The Hall–Kier alpha value is -1.16. The Kier molecular flexibility index (Phi) is 4.32. The Morgan fingerprint density at radius 1 is 1.50 bits per heavy atom. The summed E-state index contributed by atoms with van der Waals surface area (Å²) in [5, 5.41) is 12.1. The average molecular weight is 195 g/mol. The normalized spacial score (nSPS) is 12.5. The number of aryl methyl sites for hydroxylation is 1. The third kappa shape index (κ3) is 3.70. The van der Waals surface area contributed by atoms with Crippen LogP contribution in [0.25, 0.3) is 0 Å². The molecule has 1 aromatic rings. The number of hydrogen-bond donors (Lipinski definition) is 2. The van der Waals surface area contributed by atoms with Crippen LogP contribution < -0.4 is 5.32 Å². The Bertz CT molecular complexity index is 276. The van der Waals surface area contributed by atoms with Gasteiger partial charge in [-0.2, -0.15) is 0 Å². The standard InChI is InChI=1S/C10H17N3O/c1-3-4-9-5-10(13-7-12-9)11-6-8(2)14/h5,7-8,14H,3-4,6H2,1-2H3,(H,11,12,13). The molecule has 1 unspecified atom stereocenters. The molecular formula is C10H17N3O. The van der Waals surface area contributed by atoms with Crippen molar-refractivity contribution in [1.82, 2.24) is 9.97 Å². The predicted molar refractivity (Wildman–Crippen MR) is 56.2 cm³/mol. The highest BCUT2D eigenvalue weighted by molar-refractivity contribution is 5.34. The Morgan fingerprint density at radius 3 is 2.93 bits per heavy atom. The van der Waals surface area contributed by atoms with Gasteiger partial charge in [-0.3, -0.25) is 0 Å². The highest BCUT2D eigenvalue weighted by Crippen LogP contribution is 2.05. The molecule has 0 aliphatic rings. The summed E-state index contributed by atoms with van der Waals surface area (Å²) in [5.74, 6) is 0.782. The summed E-state index contributed by atoms with van der Waals surface area (Å²) in [4.78, 5) is 8.20. The number of aliphatic hydroxyl groups is 1. The second kappa shape index (κ2) is 5.54. The first kappa shape index (κ1) is 10.9. The molecule has 4 nitrogen and oxygen atoms in total. The second-order valence-electron chi connectivity index (χ2n) is 3.37. The summed E-state index contributed by atoms with van der Waals surface area (Å²) in [5.41, 5.74) is 1.04. The molecule has 1 atom stereocenters. The third-order valence-corrected chi connectivity index (χ3v) is 1.81. The van der Waals surface area contributed by atoms with Gasteiger partial charge in [0.05, 0.1) is 6.10 Å². The molecule has 0 radical (unpaired) electrons. The van der Waals surface area contributed by atoms with E-state index in [1.54, 1.807) is 13.3 Å². The average Bonchev–Trinajstić information content (AvgIpc) is 2.16. The minimum absolute atomic E-state index is 0.361. The Labute approximate surface area is 84.4 Å². The van der Waals surface area contributed by atoms with Gasteiger partial charge in [0.25, 0.3) is 0 Å². The maximum absolute atomic E-state index is 9.08. The first-order valence-electron chi connectivity index (χ1n) is 4.95. The summed E-state index contributed by atoms with van der Waals surface area (Å²) >= 11 is 0. The molecule has 0 fully saturated rings. The smallest absolute Gasteiger partial charge is 0.129 e. The number of hydrogen-bond acceptors (Lipinski definition) is 4. The lowest BCUT2D eigenvalue weighted by atomic mass is 10.2. The van der Waals surface area contributed by atoms with Gasteiger partial charge in [-0.15, -0.1) is 0 Å². The summed E-state index contributed by atoms with van der Waals surface area (Å²) in [6.07, 6.45) is 3.23. The lowest BCUT2D eigenvalue weighted by molar-refractivity contribution is 0.208. The molecule has 78 valence electrons. The van der Waals surface area contributed by atoms with Gasteiger partial charge in [0, 0.05) is 18.3 Å². The zero-order valence-corrected chi connectivity index (χ0v) is 8.70. The van der Waals surface area contributed by atoms with Gasteiger partial charge >= 0.3 is 0 Å². The van der Waals surface area contributed by atoms with Crippen LogP contribution in [0.4, 0.5) is 5.82 Å². The van der Waals surface area contributed by atoms with Crippen molar-refractivity contribution in [2.45, 2.75) is 32.8 Å². The number of nitrogens with one attached hydrogen (secondary N) is 1. The van der Waals surface area contributed by atoms with Crippen molar-refractivity contribution < 1.29 is 5.11 Å². The van der Waals surface area contributed by atoms with Crippen LogP contribution in [0.5, 0.6) is 0 Å². The molecule has 2 N–H and O–H groups in total. The van der Waals surface area contributed by atoms with Crippen molar-refractivity contribution in [1.29, 1.82) is 0 Å². The fourth-order valence-electron chi connectivity index (χ4n) is 1.14. The van der Waals surface area contributed by atoms with Crippen molar-refractivity contribution in [3.05, 3.63) is 18.1 Å². The van der Waals surface area contributed by atoms with Crippen molar-refractivity contribution >= 4 is 5.82 Å². The molecule has 0 spiro atoms. The van der Waals surface area contributed by atoms with Crippen LogP contribution in [0.2, 0.25) is 0 Å². The first-order valence-corrected chi connectivity index (χ1v) is 4.95. The quantitative estimate of drug-likeness (QED) is 0.741. The van der Waals surface area contributed by atoms with Gasteiger partial charge in [0.2, 0.25) is 0 Å². The molecule has 0 saturated carbocycles. The minimum atomic E-state index is -0.361. The number of nitrogens with zero attached hydrogens (tertiary/aromatic N) is 2. The molecule has 1 rings (SSSR count). The lowest BCUT2D eigenvalue weighted by Gasteiger charge is -2.07. The number of aromatic nitrogens is 2. The van der Waals surface area contributed by atoms with Crippen LogP contribution in [0, 0.1) is 0 Å². The van der Waals surface area contributed by atoms with E-state index in [1.165, 1.54) is 0 Å². The maximum atomic E-state index is 9.08. The highest BCUT2D eigenvalue weighted by Gasteiger charge is 1.99. The highest BCUT2D eigenvalue weighted by atomic mass is 16.3. The molecule has 4 heteroatoms. The summed E-state index contributed by atoms with van der Waals surface area (Å²) in [6.45, 7) is 4.37. The van der Waals surface area contributed by atoms with E-state index in [9.17, 15) is 0 Å². The van der Waals surface area contributed by atoms with E-state index < -0.39 is 0 Å². The predicted octanol–water partition coefficient (Wildman–Crippen LogP) is 1.22. The van der Waals surface area contributed by atoms with Gasteiger partial charge in [-0.25, -0.2) is 9.97 Å². The van der Waals surface area contributed by atoms with Crippen LogP contribution >= 0.6 is 0 Å². The number of anilines is 1. The molecule has 0 aliphatic heterocycles. The fraction of sp³-hybridized carbons (Fsp3) is 0.600. The van der Waals surface area contributed by atoms with Crippen LogP contribution in [0.3, 0.4) is 0 Å². The fourth-order valence-corrected chi connectivity index (χ4v) is 1.14. The van der Waals surface area contributed by atoms with E-state index in [1.807, 2.05) is 6.07 Å². The van der Waals surface area contributed by atoms with Crippen molar-refractivity contribution in [2.75, 3.05) is 11.9 Å². The SMILES string of the molecule is CCCc1cc(NCC(C)O)ncn1. The summed E-state index contributed by atoms with van der Waals surface area (Å²) in [7, 11) is 0. The molecular weight excluding hydrogens is 178 g/mol. The summed E-state index contributed by atoms with van der Waals surface area (Å²) in [6, 6.07) is 1.92. The van der Waals surface area contributed by atoms with E-state index in [4.69, 9.17) is 5.11 Å². The number of rotatable bonds is 5. The van der Waals surface area contributed by atoms with E-state index in [0.717, 1.165) is 24.4 Å². The van der Waals surface area contributed by atoms with Crippen LogP contribution in [0.1, 0.15) is 26.0 Å². The molecule has 0 bridgehead atoms. The van der Waals surface area contributed by atoms with Crippen molar-refractivity contribution in [3.8, 4) is 0 Å². The lowest BCUT2D eigenvalue weighted by Crippen LogP contribution is -2.16. The van der Waals surface area contributed by atoms with E-state index >= 15 is 0 Å².